The van der Waals surface area contributed by atoms with Gasteiger partial charge in [0.2, 0.25) is 0 Å². The monoisotopic (exact) mass is 264 g/mol. The van der Waals surface area contributed by atoms with E-state index in [0.717, 1.165) is 32.2 Å². The summed E-state index contributed by atoms with van der Waals surface area (Å²) in [5.74, 6) is -0.431. The summed E-state index contributed by atoms with van der Waals surface area (Å²) in [4.78, 5) is 14.5. The maximum atomic E-state index is 13.7. The van der Waals surface area contributed by atoms with Gasteiger partial charge in [-0.25, -0.2) is 4.39 Å². The number of amides is 1. The van der Waals surface area contributed by atoms with Gasteiger partial charge in [0.05, 0.1) is 11.3 Å². The second-order valence-corrected chi connectivity index (χ2v) is 5.00. The average molecular weight is 264 g/mol. The Morgan fingerprint density at radius 1 is 1.47 bits per heavy atom. The molecule has 1 saturated carbocycles. The molecule has 4 heteroatoms. The Hall–Kier alpha value is -1.58. The minimum atomic E-state index is -0.375. The van der Waals surface area contributed by atoms with Gasteiger partial charge in [0, 0.05) is 19.6 Å². The first-order valence-corrected chi connectivity index (χ1v) is 6.96. The molecule has 1 aromatic carbocycles. The predicted octanol–water partition coefficient (Wildman–Crippen LogP) is 3.27. The summed E-state index contributed by atoms with van der Waals surface area (Å²) >= 11 is 0. The molecule has 0 saturated heterocycles. The molecule has 0 unspecified atom stereocenters. The third kappa shape index (κ3) is 3.06. The standard InChI is InChI=1S/C15H21FN2O/c1-3-4-10-18(11-8-9-11)15(19)12-6-5-7-13(16)14(12)17-2/h5-7,11,17H,3-4,8-10H2,1-2H3. The molecule has 1 amide bonds. The predicted molar refractivity (Wildman–Crippen MR) is 74.9 cm³/mol. The summed E-state index contributed by atoms with van der Waals surface area (Å²) in [6, 6.07) is 5.01. The Kier molecular flexibility index (Phi) is 4.40. The van der Waals surface area contributed by atoms with Crippen molar-refractivity contribution in [3.63, 3.8) is 0 Å². The first-order valence-electron chi connectivity index (χ1n) is 6.96. The average Bonchev–Trinajstić information content (AvgIpc) is 3.23. The van der Waals surface area contributed by atoms with Crippen LogP contribution in [0.25, 0.3) is 0 Å². The zero-order valence-electron chi connectivity index (χ0n) is 11.6. The number of hydrogen-bond donors (Lipinski definition) is 1. The molecule has 104 valence electrons. The van der Waals surface area contributed by atoms with E-state index in [4.69, 9.17) is 0 Å². The van der Waals surface area contributed by atoms with Gasteiger partial charge in [0.25, 0.3) is 5.91 Å². The van der Waals surface area contributed by atoms with Crippen molar-refractivity contribution >= 4 is 11.6 Å². The van der Waals surface area contributed by atoms with Gasteiger partial charge in [-0.05, 0) is 31.4 Å². The van der Waals surface area contributed by atoms with Crippen molar-refractivity contribution in [3.05, 3.63) is 29.6 Å². The Morgan fingerprint density at radius 3 is 2.79 bits per heavy atom. The van der Waals surface area contributed by atoms with Gasteiger partial charge < -0.3 is 10.2 Å². The van der Waals surface area contributed by atoms with Crippen LogP contribution in [0.3, 0.4) is 0 Å². The van der Waals surface area contributed by atoms with E-state index in [1.54, 1.807) is 19.2 Å². The largest absolute Gasteiger partial charge is 0.385 e. The fourth-order valence-electron chi connectivity index (χ4n) is 2.28. The summed E-state index contributed by atoms with van der Waals surface area (Å²) in [5, 5.41) is 2.79. The van der Waals surface area contributed by atoms with E-state index in [1.165, 1.54) is 6.07 Å². The smallest absolute Gasteiger partial charge is 0.256 e. The van der Waals surface area contributed by atoms with Crippen molar-refractivity contribution in [2.24, 2.45) is 0 Å². The molecular weight excluding hydrogens is 243 g/mol. The highest BCUT2D eigenvalue weighted by Crippen LogP contribution is 2.30. The third-order valence-corrected chi connectivity index (χ3v) is 3.50. The molecule has 0 radical (unpaired) electrons. The van der Waals surface area contributed by atoms with Gasteiger partial charge in [-0.2, -0.15) is 0 Å². The van der Waals surface area contributed by atoms with Gasteiger partial charge in [-0.1, -0.05) is 19.4 Å². The van der Waals surface area contributed by atoms with Crippen LogP contribution in [-0.2, 0) is 0 Å². The number of halogens is 1. The minimum absolute atomic E-state index is 0.0557. The number of nitrogens with one attached hydrogen (secondary N) is 1. The van der Waals surface area contributed by atoms with Gasteiger partial charge in [0.1, 0.15) is 5.82 Å². The van der Waals surface area contributed by atoms with Crippen LogP contribution in [-0.4, -0.2) is 30.4 Å². The lowest BCUT2D eigenvalue weighted by atomic mass is 10.1. The molecule has 0 aromatic heterocycles. The van der Waals surface area contributed by atoms with Crippen LogP contribution in [0.1, 0.15) is 43.0 Å². The molecule has 0 aliphatic heterocycles. The number of carbonyl (C=O) groups is 1. The lowest BCUT2D eigenvalue weighted by Crippen LogP contribution is -2.34. The fourth-order valence-corrected chi connectivity index (χ4v) is 2.28. The number of rotatable bonds is 6. The normalized spacial score (nSPS) is 14.3. The highest BCUT2D eigenvalue weighted by atomic mass is 19.1. The number of benzene rings is 1. The first-order chi connectivity index (χ1) is 9.19. The second kappa shape index (κ2) is 6.04. The van der Waals surface area contributed by atoms with Gasteiger partial charge in [-0.3, -0.25) is 4.79 Å². The fraction of sp³-hybridized carbons (Fsp3) is 0.533. The zero-order chi connectivity index (χ0) is 13.8. The maximum Gasteiger partial charge on any atom is 0.256 e. The number of carbonyl (C=O) groups excluding carboxylic acids is 1. The number of para-hydroxylation sites is 1. The molecule has 0 bridgehead atoms. The molecule has 0 atom stereocenters. The topological polar surface area (TPSA) is 32.3 Å². The molecule has 1 aromatic rings. The van der Waals surface area contributed by atoms with E-state index >= 15 is 0 Å². The lowest BCUT2D eigenvalue weighted by molar-refractivity contribution is 0.0741. The van der Waals surface area contributed by atoms with Crippen molar-refractivity contribution < 1.29 is 9.18 Å². The molecule has 0 heterocycles. The van der Waals surface area contributed by atoms with Crippen LogP contribution in [0.5, 0.6) is 0 Å². The van der Waals surface area contributed by atoms with Crippen LogP contribution in [0.2, 0.25) is 0 Å². The zero-order valence-corrected chi connectivity index (χ0v) is 11.6. The van der Waals surface area contributed by atoms with Crippen molar-refractivity contribution in [2.45, 2.75) is 38.6 Å². The number of nitrogens with zero attached hydrogens (tertiary/aromatic N) is 1. The molecular formula is C15H21FN2O. The summed E-state index contributed by atoms with van der Waals surface area (Å²) in [6.07, 6.45) is 4.18. The van der Waals surface area contributed by atoms with Crippen molar-refractivity contribution in [3.8, 4) is 0 Å². The summed E-state index contributed by atoms with van der Waals surface area (Å²) in [6.45, 7) is 2.87. The quantitative estimate of drug-likeness (QED) is 0.855. The molecule has 1 fully saturated rings. The highest BCUT2D eigenvalue weighted by Gasteiger charge is 2.33. The SMILES string of the molecule is CCCCN(C(=O)c1cccc(F)c1NC)C1CC1. The third-order valence-electron chi connectivity index (χ3n) is 3.50. The Balaban J connectivity index is 2.23. The molecule has 1 aliphatic rings. The summed E-state index contributed by atoms with van der Waals surface area (Å²) < 4.78 is 13.7. The van der Waals surface area contributed by atoms with E-state index < -0.39 is 0 Å². The molecule has 2 rings (SSSR count). The van der Waals surface area contributed by atoms with Crippen LogP contribution < -0.4 is 5.32 Å². The molecule has 1 aliphatic carbocycles. The maximum absolute atomic E-state index is 13.7. The first kappa shape index (κ1) is 13.8. The van der Waals surface area contributed by atoms with E-state index in [-0.39, 0.29) is 11.7 Å². The Labute approximate surface area is 113 Å². The molecule has 1 N–H and O–H groups in total. The van der Waals surface area contributed by atoms with E-state index in [2.05, 4.69) is 12.2 Å². The highest BCUT2D eigenvalue weighted by molar-refractivity contribution is 6.00. The van der Waals surface area contributed by atoms with Crippen LogP contribution in [0.4, 0.5) is 10.1 Å². The molecule has 3 nitrogen and oxygen atoms in total. The number of unbranched alkanes of at least 4 members (excludes halogenated alkanes) is 1. The van der Waals surface area contributed by atoms with Gasteiger partial charge in [0.15, 0.2) is 0 Å². The Bertz CT molecular complexity index is 457. The number of anilines is 1. The van der Waals surface area contributed by atoms with E-state index in [1.807, 2.05) is 4.90 Å². The number of hydrogen-bond acceptors (Lipinski definition) is 2. The van der Waals surface area contributed by atoms with Crippen LogP contribution >= 0.6 is 0 Å². The van der Waals surface area contributed by atoms with Crippen LogP contribution in [0, 0.1) is 5.82 Å². The van der Waals surface area contributed by atoms with Crippen LogP contribution in [0.15, 0.2) is 18.2 Å². The molecule has 19 heavy (non-hydrogen) atoms. The van der Waals surface area contributed by atoms with E-state index in [9.17, 15) is 9.18 Å². The second-order valence-electron chi connectivity index (χ2n) is 5.00. The van der Waals surface area contributed by atoms with Crippen molar-refractivity contribution in [1.82, 2.24) is 4.90 Å². The van der Waals surface area contributed by atoms with Crippen molar-refractivity contribution in [2.75, 3.05) is 18.9 Å². The van der Waals surface area contributed by atoms with Gasteiger partial charge >= 0.3 is 0 Å². The minimum Gasteiger partial charge on any atom is -0.385 e. The van der Waals surface area contributed by atoms with E-state index in [0.29, 0.717) is 17.3 Å². The van der Waals surface area contributed by atoms with Gasteiger partial charge in [-0.15, -0.1) is 0 Å². The van der Waals surface area contributed by atoms with Crippen molar-refractivity contribution in [1.29, 1.82) is 0 Å². The summed E-state index contributed by atoms with van der Waals surface area (Å²) in [7, 11) is 1.64. The summed E-state index contributed by atoms with van der Waals surface area (Å²) in [5.41, 5.74) is 0.736. The Morgan fingerprint density at radius 2 is 2.21 bits per heavy atom. The molecule has 0 spiro atoms. The lowest BCUT2D eigenvalue weighted by Gasteiger charge is -2.23.